The van der Waals surface area contributed by atoms with Gasteiger partial charge in [0.25, 0.3) is 5.79 Å². The molecule has 0 N–H and O–H groups in total. The van der Waals surface area contributed by atoms with Crippen molar-refractivity contribution in [1.29, 1.82) is 0 Å². The first-order valence-electron chi connectivity index (χ1n) is 6.36. The summed E-state index contributed by atoms with van der Waals surface area (Å²) in [5.41, 5.74) is -0.385. The monoisotopic (exact) mass is 250 g/mol. The molecule has 4 nitrogen and oxygen atoms in total. The molecule has 1 saturated heterocycles. The second-order valence-corrected chi connectivity index (χ2v) is 6.49. The summed E-state index contributed by atoms with van der Waals surface area (Å²) in [4.78, 5) is 23.6. The molecule has 5 atom stereocenters. The smallest absolute Gasteiger partial charge is 0.333 e. The average Bonchev–Trinajstić information content (AvgIpc) is 2.64. The van der Waals surface area contributed by atoms with Crippen LogP contribution in [0.1, 0.15) is 33.6 Å². The first-order valence-corrected chi connectivity index (χ1v) is 6.36. The van der Waals surface area contributed by atoms with Gasteiger partial charge >= 0.3 is 11.9 Å². The van der Waals surface area contributed by atoms with Gasteiger partial charge in [0.1, 0.15) is 0 Å². The van der Waals surface area contributed by atoms with E-state index in [9.17, 15) is 9.59 Å². The lowest BCUT2D eigenvalue weighted by Gasteiger charge is -2.40. The van der Waals surface area contributed by atoms with Gasteiger partial charge < -0.3 is 9.47 Å². The molecule has 18 heavy (non-hydrogen) atoms. The summed E-state index contributed by atoms with van der Waals surface area (Å²) < 4.78 is 11.0. The first kappa shape index (κ1) is 11.8. The summed E-state index contributed by atoms with van der Waals surface area (Å²) in [6, 6.07) is 0. The predicted molar refractivity (Wildman–Crippen MR) is 63.2 cm³/mol. The number of hydrogen-bond donors (Lipinski definition) is 0. The summed E-state index contributed by atoms with van der Waals surface area (Å²) in [5, 5.41) is 0. The quantitative estimate of drug-likeness (QED) is 0.556. The number of carbonyl (C=O) groups excluding carboxylic acids is 2. The van der Waals surface area contributed by atoms with Crippen molar-refractivity contribution in [2.24, 2.45) is 22.7 Å². The largest absolute Gasteiger partial charge is 0.422 e. The Morgan fingerprint density at radius 2 is 2.17 bits per heavy atom. The Morgan fingerprint density at radius 3 is 2.72 bits per heavy atom. The Bertz CT molecular complexity index is 470. The van der Waals surface area contributed by atoms with Gasteiger partial charge in [-0.2, -0.15) is 0 Å². The summed E-state index contributed by atoms with van der Waals surface area (Å²) >= 11 is 0. The van der Waals surface area contributed by atoms with Crippen molar-refractivity contribution in [2.75, 3.05) is 0 Å². The molecule has 1 heterocycles. The Kier molecular flexibility index (Phi) is 1.94. The Hall–Kier alpha value is -1.32. The van der Waals surface area contributed by atoms with Gasteiger partial charge in [0.15, 0.2) is 0 Å². The molecule has 0 aromatic rings. The highest BCUT2D eigenvalue weighted by Gasteiger charge is 2.81. The van der Waals surface area contributed by atoms with Crippen LogP contribution in [0.4, 0.5) is 0 Å². The molecule has 3 rings (SSSR count). The van der Waals surface area contributed by atoms with Gasteiger partial charge in [-0.3, -0.25) is 4.79 Å². The lowest BCUT2D eigenvalue weighted by Crippen LogP contribution is -2.48. The van der Waals surface area contributed by atoms with E-state index in [2.05, 4.69) is 20.4 Å². The van der Waals surface area contributed by atoms with Crippen molar-refractivity contribution in [3.63, 3.8) is 0 Å². The average molecular weight is 250 g/mol. The van der Waals surface area contributed by atoms with Gasteiger partial charge in [0.2, 0.25) is 0 Å². The molecular formula is C14H18O4. The fraction of sp³-hybridized carbons (Fsp3) is 0.714. The van der Waals surface area contributed by atoms with Crippen LogP contribution < -0.4 is 0 Å². The SMILES string of the molecule is C=CC(=O)OC12CC3(C)CC1(C)C(C(=O)O2)C3C. The Morgan fingerprint density at radius 1 is 1.50 bits per heavy atom. The molecule has 0 radical (unpaired) electrons. The summed E-state index contributed by atoms with van der Waals surface area (Å²) in [6.45, 7) is 9.66. The van der Waals surface area contributed by atoms with Crippen molar-refractivity contribution in [3.05, 3.63) is 12.7 Å². The molecule has 0 amide bonds. The zero-order valence-corrected chi connectivity index (χ0v) is 11.0. The maximum atomic E-state index is 12.1. The molecular weight excluding hydrogens is 232 g/mol. The second kappa shape index (κ2) is 2.98. The first-order chi connectivity index (χ1) is 8.28. The topological polar surface area (TPSA) is 52.6 Å². The molecule has 3 fully saturated rings. The zero-order valence-electron chi connectivity index (χ0n) is 11.0. The lowest BCUT2D eigenvalue weighted by molar-refractivity contribution is -0.237. The fourth-order valence-corrected chi connectivity index (χ4v) is 4.61. The van der Waals surface area contributed by atoms with Crippen LogP contribution in [-0.2, 0) is 19.1 Å². The maximum Gasteiger partial charge on any atom is 0.333 e. The summed E-state index contributed by atoms with van der Waals surface area (Å²) in [6.07, 6.45) is 2.58. The highest BCUT2D eigenvalue weighted by Crippen LogP contribution is 2.75. The molecule has 2 saturated carbocycles. The molecule has 0 aromatic carbocycles. The highest BCUT2D eigenvalue weighted by molar-refractivity contribution is 5.84. The van der Waals surface area contributed by atoms with Crippen LogP contribution in [0.25, 0.3) is 0 Å². The molecule has 0 spiro atoms. The van der Waals surface area contributed by atoms with E-state index in [1.165, 1.54) is 0 Å². The lowest BCUT2D eigenvalue weighted by atomic mass is 9.67. The van der Waals surface area contributed by atoms with Gasteiger partial charge in [-0.15, -0.1) is 0 Å². The Balaban J connectivity index is 2.07. The van der Waals surface area contributed by atoms with Crippen LogP contribution in [0, 0.1) is 22.7 Å². The standard InChI is InChI=1S/C14H18O4/c1-5-9(15)17-14-7-12(3)6-13(14,4)10(8(12)2)11(16)18-14/h5,8,10H,1,6-7H2,2-4H3. The van der Waals surface area contributed by atoms with Crippen LogP contribution in [0.2, 0.25) is 0 Å². The molecule has 3 aliphatic rings. The fourth-order valence-electron chi connectivity index (χ4n) is 4.61. The van der Waals surface area contributed by atoms with E-state index >= 15 is 0 Å². The third-order valence-electron chi connectivity index (χ3n) is 5.52. The van der Waals surface area contributed by atoms with Gasteiger partial charge in [0.05, 0.1) is 11.3 Å². The van der Waals surface area contributed by atoms with Crippen LogP contribution in [0.3, 0.4) is 0 Å². The van der Waals surface area contributed by atoms with E-state index in [0.717, 1.165) is 12.5 Å². The van der Waals surface area contributed by atoms with Gasteiger partial charge in [-0.05, 0) is 17.8 Å². The maximum absolute atomic E-state index is 12.1. The van der Waals surface area contributed by atoms with E-state index in [4.69, 9.17) is 9.47 Å². The molecule has 0 aromatic heterocycles. The molecule has 2 aliphatic carbocycles. The van der Waals surface area contributed by atoms with E-state index in [-0.39, 0.29) is 23.2 Å². The zero-order chi connectivity index (χ0) is 13.3. The van der Waals surface area contributed by atoms with Crippen LogP contribution >= 0.6 is 0 Å². The van der Waals surface area contributed by atoms with Crippen LogP contribution in [0.5, 0.6) is 0 Å². The predicted octanol–water partition coefficient (Wildman–Crippen LogP) is 2.04. The van der Waals surface area contributed by atoms with Crippen LogP contribution in [0.15, 0.2) is 12.7 Å². The molecule has 4 heteroatoms. The van der Waals surface area contributed by atoms with Crippen molar-refractivity contribution in [2.45, 2.75) is 39.4 Å². The van der Waals surface area contributed by atoms with E-state index in [1.807, 2.05) is 6.92 Å². The Labute approximate surface area is 106 Å². The molecule has 5 unspecified atom stereocenters. The summed E-state index contributed by atoms with van der Waals surface area (Å²) in [7, 11) is 0. The third kappa shape index (κ3) is 1.03. The van der Waals surface area contributed by atoms with Gasteiger partial charge in [-0.25, -0.2) is 4.79 Å². The second-order valence-electron chi connectivity index (χ2n) is 6.49. The van der Waals surface area contributed by atoms with E-state index < -0.39 is 17.2 Å². The minimum Gasteiger partial charge on any atom is -0.422 e. The number of hydrogen-bond acceptors (Lipinski definition) is 4. The number of ether oxygens (including phenoxy) is 2. The number of carbonyl (C=O) groups is 2. The van der Waals surface area contributed by atoms with Crippen LogP contribution in [-0.4, -0.2) is 17.7 Å². The molecule has 1 aliphatic heterocycles. The highest BCUT2D eigenvalue weighted by atomic mass is 16.7. The number of esters is 2. The van der Waals surface area contributed by atoms with Crippen molar-refractivity contribution in [3.8, 4) is 0 Å². The van der Waals surface area contributed by atoms with Crippen molar-refractivity contribution >= 4 is 11.9 Å². The van der Waals surface area contributed by atoms with Gasteiger partial charge in [0, 0.05) is 12.5 Å². The molecule has 98 valence electrons. The number of rotatable bonds is 2. The molecule has 2 bridgehead atoms. The third-order valence-corrected chi connectivity index (χ3v) is 5.52. The van der Waals surface area contributed by atoms with E-state index in [0.29, 0.717) is 6.42 Å². The minimum absolute atomic E-state index is 0.00697. The summed E-state index contributed by atoms with van der Waals surface area (Å²) in [5.74, 6) is -1.69. The number of fused-ring (bicyclic) bond motifs is 1. The normalized spacial score (nSPS) is 52.3. The van der Waals surface area contributed by atoms with Crippen molar-refractivity contribution < 1.29 is 19.1 Å². The van der Waals surface area contributed by atoms with Crippen molar-refractivity contribution in [1.82, 2.24) is 0 Å². The minimum atomic E-state index is -1.07. The van der Waals surface area contributed by atoms with Gasteiger partial charge in [-0.1, -0.05) is 27.4 Å². The van der Waals surface area contributed by atoms with E-state index in [1.54, 1.807) is 0 Å².